The van der Waals surface area contributed by atoms with Crippen molar-refractivity contribution >= 4 is 12.6 Å². The summed E-state index contributed by atoms with van der Waals surface area (Å²) in [6, 6.07) is 0. The van der Waals surface area contributed by atoms with Gasteiger partial charge in [-0.25, -0.2) is 0 Å². The van der Waals surface area contributed by atoms with Crippen LogP contribution in [0.15, 0.2) is 0 Å². The molecule has 0 rings (SSSR count). The summed E-state index contributed by atoms with van der Waals surface area (Å²) in [6.07, 6.45) is 11.8. The number of unbranched alkanes of at least 4 members (excludes halogenated alkanes) is 8. The number of rotatable bonds is 22. The topological polar surface area (TPSA) is 57.2 Å². The molecule has 0 aromatic carbocycles. The Morgan fingerprint density at radius 1 is 0.440 bits per heavy atom. The lowest BCUT2D eigenvalue weighted by Gasteiger charge is -2.07. The third-order valence-corrected chi connectivity index (χ3v) is 4.11. The average molecular weight is 381 g/mol. The quantitative estimate of drug-likeness (QED) is 0.222. The predicted molar refractivity (Wildman–Crippen MR) is 106 cm³/mol. The van der Waals surface area contributed by atoms with Crippen LogP contribution in [0.1, 0.15) is 57.8 Å². The monoisotopic (exact) mass is 380 g/mol. The molecule has 0 aromatic heterocycles. The summed E-state index contributed by atoms with van der Waals surface area (Å²) < 4.78 is 21.4. The lowest BCUT2D eigenvalue weighted by atomic mass is 10.1. The fourth-order valence-electron chi connectivity index (χ4n) is 2.38. The van der Waals surface area contributed by atoms with Gasteiger partial charge in [-0.1, -0.05) is 44.9 Å². The Labute approximate surface area is 160 Å². The van der Waals surface area contributed by atoms with E-state index in [1.807, 2.05) is 0 Å². The van der Waals surface area contributed by atoms with Crippen molar-refractivity contribution in [2.75, 3.05) is 65.2 Å². The Balaban J connectivity index is 2.94. The Kier molecular flexibility index (Phi) is 24.3. The highest BCUT2D eigenvalue weighted by Gasteiger charge is 1.94. The fraction of sp³-hybridized carbons (Fsp3) is 1.00. The van der Waals surface area contributed by atoms with Crippen molar-refractivity contribution in [1.29, 1.82) is 0 Å². The van der Waals surface area contributed by atoms with Gasteiger partial charge in [0.1, 0.15) is 0 Å². The Bertz CT molecular complexity index is 210. The van der Waals surface area contributed by atoms with Gasteiger partial charge in [-0.3, -0.25) is 0 Å². The second-order valence-electron chi connectivity index (χ2n) is 6.08. The maximum Gasteiger partial charge on any atom is 0.0701 e. The highest BCUT2D eigenvalue weighted by molar-refractivity contribution is 7.80. The lowest BCUT2D eigenvalue weighted by molar-refractivity contribution is -0.00577. The fourth-order valence-corrected chi connectivity index (χ4v) is 2.60. The van der Waals surface area contributed by atoms with Crippen molar-refractivity contribution in [3.05, 3.63) is 0 Å². The highest BCUT2D eigenvalue weighted by Crippen LogP contribution is 2.09. The number of hydrogen-bond donors (Lipinski definition) is 2. The summed E-state index contributed by atoms with van der Waals surface area (Å²) >= 11 is 4.23. The molecule has 5 nitrogen and oxygen atoms in total. The van der Waals surface area contributed by atoms with Crippen LogP contribution in [0, 0.1) is 0 Å². The molecule has 0 spiro atoms. The third kappa shape index (κ3) is 24.1. The molecule has 0 amide bonds. The van der Waals surface area contributed by atoms with Crippen LogP contribution in [0.2, 0.25) is 0 Å². The Hall–Kier alpha value is 0.150. The van der Waals surface area contributed by atoms with Crippen LogP contribution in [0.25, 0.3) is 0 Å². The minimum absolute atomic E-state index is 0.0557. The molecule has 0 saturated heterocycles. The van der Waals surface area contributed by atoms with Gasteiger partial charge in [0.15, 0.2) is 0 Å². The van der Waals surface area contributed by atoms with Crippen molar-refractivity contribution in [2.45, 2.75) is 57.8 Å². The van der Waals surface area contributed by atoms with Gasteiger partial charge in [-0.2, -0.15) is 12.6 Å². The van der Waals surface area contributed by atoms with Crippen molar-refractivity contribution in [1.82, 2.24) is 0 Å². The molecule has 0 aliphatic carbocycles. The number of ether oxygens (including phenoxy) is 4. The maximum atomic E-state index is 8.53. The van der Waals surface area contributed by atoms with Crippen LogP contribution in [0.3, 0.4) is 0 Å². The second-order valence-corrected chi connectivity index (χ2v) is 6.53. The van der Waals surface area contributed by atoms with Gasteiger partial charge in [0.05, 0.1) is 52.9 Å². The molecule has 0 aromatic rings. The molecule has 6 heteroatoms. The first-order valence-electron chi connectivity index (χ1n) is 9.94. The predicted octanol–water partition coefficient (Wildman–Crippen LogP) is 3.49. The average Bonchev–Trinajstić information content (AvgIpc) is 2.63. The zero-order valence-corrected chi connectivity index (χ0v) is 16.9. The van der Waals surface area contributed by atoms with Crippen molar-refractivity contribution in [2.24, 2.45) is 0 Å². The van der Waals surface area contributed by atoms with Crippen molar-refractivity contribution in [3.63, 3.8) is 0 Å². The van der Waals surface area contributed by atoms with Crippen molar-refractivity contribution < 1.29 is 24.1 Å². The van der Waals surface area contributed by atoms with Gasteiger partial charge in [-0.05, 0) is 18.6 Å². The van der Waals surface area contributed by atoms with Crippen LogP contribution in [-0.2, 0) is 18.9 Å². The van der Waals surface area contributed by atoms with E-state index in [2.05, 4.69) is 12.6 Å². The first-order valence-corrected chi connectivity index (χ1v) is 10.6. The molecule has 0 aliphatic heterocycles. The normalized spacial score (nSPS) is 11.3. The number of hydrogen-bond acceptors (Lipinski definition) is 6. The molecule has 0 saturated carbocycles. The van der Waals surface area contributed by atoms with Crippen LogP contribution in [-0.4, -0.2) is 70.3 Å². The first-order chi connectivity index (χ1) is 12.4. The van der Waals surface area contributed by atoms with E-state index >= 15 is 0 Å². The minimum Gasteiger partial charge on any atom is -0.394 e. The Morgan fingerprint density at radius 3 is 1.24 bits per heavy atom. The van der Waals surface area contributed by atoms with Crippen molar-refractivity contribution in [3.8, 4) is 0 Å². The molecule has 0 bridgehead atoms. The zero-order valence-electron chi connectivity index (χ0n) is 16.0. The zero-order chi connectivity index (χ0) is 18.3. The summed E-state index contributed by atoms with van der Waals surface area (Å²) in [5.41, 5.74) is 0. The van der Waals surface area contributed by atoms with E-state index in [-0.39, 0.29) is 6.61 Å². The molecule has 25 heavy (non-hydrogen) atoms. The lowest BCUT2D eigenvalue weighted by Crippen LogP contribution is -2.12. The number of thiol groups is 1. The van der Waals surface area contributed by atoms with Gasteiger partial charge in [0.2, 0.25) is 0 Å². The van der Waals surface area contributed by atoms with E-state index < -0.39 is 0 Å². The highest BCUT2D eigenvalue weighted by atomic mass is 32.1. The maximum absolute atomic E-state index is 8.53. The minimum atomic E-state index is 0.0557. The van der Waals surface area contributed by atoms with E-state index in [4.69, 9.17) is 24.1 Å². The summed E-state index contributed by atoms with van der Waals surface area (Å²) in [5.74, 6) is 1.03. The number of aliphatic hydroxyl groups is 1. The molecule has 1 N–H and O–H groups in total. The summed E-state index contributed by atoms with van der Waals surface area (Å²) in [7, 11) is 0. The standard InChI is InChI=1S/C19H40O5S/c20-10-12-22-14-16-24-18-17-23-15-13-21-11-8-6-4-2-1-3-5-7-9-19-25/h20,25H,1-19H2. The molecular formula is C19H40O5S. The smallest absolute Gasteiger partial charge is 0.0701 e. The van der Waals surface area contributed by atoms with E-state index in [0.717, 1.165) is 18.8 Å². The van der Waals surface area contributed by atoms with E-state index in [1.165, 1.54) is 51.4 Å². The summed E-state index contributed by atoms with van der Waals surface area (Å²) in [5, 5.41) is 8.53. The molecular weight excluding hydrogens is 340 g/mol. The SMILES string of the molecule is OCCOCCOCCOCCOCCCCCCCCCCCS. The molecule has 0 atom stereocenters. The van der Waals surface area contributed by atoms with Gasteiger partial charge < -0.3 is 24.1 Å². The van der Waals surface area contributed by atoms with Crippen LogP contribution in [0.4, 0.5) is 0 Å². The summed E-state index contributed by atoms with van der Waals surface area (Å²) in [6.45, 7) is 4.74. The Morgan fingerprint density at radius 2 is 0.800 bits per heavy atom. The second kappa shape index (κ2) is 24.1. The molecule has 152 valence electrons. The van der Waals surface area contributed by atoms with E-state index in [1.54, 1.807) is 0 Å². The third-order valence-electron chi connectivity index (χ3n) is 3.80. The van der Waals surface area contributed by atoms with E-state index in [0.29, 0.717) is 46.2 Å². The molecule has 0 radical (unpaired) electrons. The van der Waals surface area contributed by atoms with Gasteiger partial charge in [0, 0.05) is 6.61 Å². The van der Waals surface area contributed by atoms with Crippen LogP contribution >= 0.6 is 12.6 Å². The van der Waals surface area contributed by atoms with Gasteiger partial charge in [0.25, 0.3) is 0 Å². The van der Waals surface area contributed by atoms with Crippen LogP contribution < -0.4 is 0 Å². The van der Waals surface area contributed by atoms with E-state index in [9.17, 15) is 0 Å². The van der Waals surface area contributed by atoms with Gasteiger partial charge >= 0.3 is 0 Å². The molecule has 0 fully saturated rings. The molecule has 0 unspecified atom stereocenters. The first kappa shape index (κ1) is 25.1. The largest absolute Gasteiger partial charge is 0.394 e. The van der Waals surface area contributed by atoms with Gasteiger partial charge in [-0.15, -0.1) is 0 Å². The molecule has 0 heterocycles. The number of aliphatic hydroxyl groups excluding tert-OH is 1. The molecule has 0 aliphatic rings. The summed E-state index contributed by atoms with van der Waals surface area (Å²) in [4.78, 5) is 0. The van der Waals surface area contributed by atoms with Crippen LogP contribution in [0.5, 0.6) is 0 Å².